The van der Waals surface area contributed by atoms with E-state index in [-0.39, 0.29) is 17.8 Å². The average Bonchev–Trinajstić information content (AvgIpc) is 2.57. The summed E-state index contributed by atoms with van der Waals surface area (Å²) in [5.74, 6) is -0.632. The Labute approximate surface area is 158 Å². The molecule has 2 aromatic carbocycles. The monoisotopic (exact) mass is 419 g/mol. The van der Waals surface area contributed by atoms with Crippen molar-refractivity contribution in [2.45, 2.75) is 13.0 Å². The van der Waals surface area contributed by atoms with E-state index in [9.17, 15) is 9.18 Å². The first-order valence-electron chi connectivity index (χ1n) is 7.54. The van der Waals surface area contributed by atoms with Gasteiger partial charge in [0.1, 0.15) is 5.82 Å². The Hall–Kier alpha value is -2.25. The number of hydrogen-bond acceptors (Lipinski definition) is 2. The first-order valence-corrected chi connectivity index (χ1v) is 8.75. The molecule has 0 spiro atoms. The molecule has 0 saturated carbocycles. The fourth-order valence-corrected chi connectivity index (χ4v) is 3.17. The molecular weight excluding hydrogens is 405 g/mol. The number of benzene rings is 2. The topological polar surface area (TPSA) is 53.2 Å². The van der Waals surface area contributed by atoms with Crippen LogP contribution in [0.25, 0.3) is 0 Å². The molecule has 1 amide bonds. The van der Waals surface area contributed by atoms with Gasteiger partial charge < -0.3 is 16.0 Å². The Morgan fingerprint density at radius 2 is 1.80 bits per heavy atom. The summed E-state index contributed by atoms with van der Waals surface area (Å²) < 4.78 is 14.0. The van der Waals surface area contributed by atoms with E-state index < -0.39 is 0 Å². The third-order valence-electron chi connectivity index (χ3n) is 3.82. The molecule has 7 heteroatoms. The van der Waals surface area contributed by atoms with Crippen molar-refractivity contribution >= 4 is 44.9 Å². The van der Waals surface area contributed by atoms with E-state index in [1.165, 1.54) is 24.3 Å². The number of carbonyl (C=O) groups is 1. The van der Waals surface area contributed by atoms with Crippen LogP contribution >= 0.6 is 28.1 Å². The SMILES string of the molecule is CC1=C(C(=O)Nc2ccc(F)cc2)[C@H](c2ccc(Br)cc2)NC(=S)N1. The molecule has 0 saturated heterocycles. The first-order chi connectivity index (χ1) is 11.9. The molecule has 1 atom stereocenters. The molecule has 0 fully saturated rings. The summed E-state index contributed by atoms with van der Waals surface area (Å²) in [7, 11) is 0. The highest BCUT2D eigenvalue weighted by Gasteiger charge is 2.29. The zero-order valence-corrected chi connectivity index (χ0v) is 15.7. The van der Waals surface area contributed by atoms with E-state index in [4.69, 9.17) is 12.2 Å². The lowest BCUT2D eigenvalue weighted by molar-refractivity contribution is -0.113. The smallest absolute Gasteiger partial charge is 0.255 e. The summed E-state index contributed by atoms with van der Waals surface area (Å²) in [6, 6.07) is 12.9. The Morgan fingerprint density at radius 1 is 1.16 bits per heavy atom. The van der Waals surface area contributed by atoms with Gasteiger partial charge in [-0.05, 0) is 61.1 Å². The maximum atomic E-state index is 13.0. The van der Waals surface area contributed by atoms with Gasteiger partial charge >= 0.3 is 0 Å². The fraction of sp³-hybridized carbons (Fsp3) is 0.111. The van der Waals surface area contributed by atoms with E-state index >= 15 is 0 Å². The van der Waals surface area contributed by atoms with Crippen molar-refractivity contribution in [3.63, 3.8) is 0 Å². The maximum absolute atomic E-state index is 13.0. The summed E-state index contributed by atoms with van der Waals surface area (Å²) in [5, 5.41) is 9.38. The minimum atomic E-state index is -0.373. The molecule has 2 aromatic rings. The van der Waals surface area contributed by atoms with Gasteiger partial charge in [-0.15, -0.1) is 0 Å². The molecule has 128 valence electrons. The lowest BCUT2D eigenvalue weighted by Crippen LogP contribution is -2.45. The lowest BCUT2D eigenvalue weighted by atomic mass is 9.95. The second-order valence-electron chi connectivity index (χ2n) is 5.58. The Kier molecular flexibility index (Phi) is 5.15. The van der Waals surface area contributed by atoms with Gasteiger partial charge in [0.2, 0.25) is 0 Å². The van der Waals surface area contributed by atoms with Crippen LogP contribution < -0.4 is 16.0 Å². The van der Waals surface area contributed by atoms with Crippen LogP contribution in [0.5, 0.6) is 0 Å². The largest absolute Gasteiger partial charge is 0.351 e. The molecule has 0 aliphatic carbocycles. The molecule has 25 heavy (non-hydrogen) atoms. The van der Waals surface area contributed by atoms with E-state index in [2.05, 4.69) is 31.9 Å². The van der Waals surface area contributed by atoms with Gasteiger partial charge in [0.25, 0.3) is 5.91 Å². The number of carbonyl (C=O) groups excluding carboxylic acids is 1. The second kappa shape index (κ2) is 7.33. The van der Waals surface area contributed by atoms with Crippen LogP contribution in [0, 0.1) is 5.82 Å². The van der Waals surface area contributed by atoms with E-state index in [1.807, 2.05) is 24.3 Å². The number of halogens is 2. The highest BCUT2D eigenvalue weighted by atomic mass is 79.9. The van der Waals surface area contributed by atoms with Gasteiger partial charge in [-0.3, -0.25) is 4.79 Å². The molecule has 4 nitrogen and oxygen atoms in total. The highest BCUT2D eigenvalue weighted by molar-refractivity contribution is 9.10. The number of nitrogens with one attached hydrogen (secondary N) is 3. The highest BCUT2D eigenvalue weighted by Crippen LogP contribution is 2.28. The predicted molar refractivity (Wildman–Crippen MR) is 103 cm³/mol. The van der Waals surface area contributed by atoms with E-state index in [1.54, 1.807) is 6.92 Å². The molecule has 0 aromatic heterocycles. The summed E-state index contributed by atoms with van der Waals surface area (Å²) >= 11 is 8.64. The van der Waals surface area contributed by atoms with Gasteiger partial charge in [0.15, 0.2) is 5.11 Å². The van der Waals surface area contributed by atoms with Crippen molar-refractivity contribution < 1.29 is 9.18 Å². The van der Waals surface area contributed by atoms with Crippen LogP contribution in [0.15, 0.2) is 64.3 Å². The van der Waals surface area contributed by atoms with Crippen molar-refractivity contribution in [2.75, 3.05) is 5.32 Å². The summed E-state index contributed by atoms with van der Waals surface area (Å²) in [5.41, 5.74) is 2.64. The average molecular weight is 420 g/mol. The minimum Gasteiger partial charge on any atom is -0.351 e. The van der Waals surface area contributed by atoms with Crippen molar-refractivity contribution in [3.8, 4) is 0 Å². The third kappa shape index (κ3) is 4.05. The molecule has 1 aliphatic heterocycles. The minimum absolute atomic E-state index is 0.278. The number of rotatable bonds is 3. The molecule has 3 rings (SSSR count). The predicted octanol–water partition coefficient (Wildman–Crippen LogP) is 4.02. The van der Waals surface area contributed by atoms with Crippen LogP contribution in [-0.2, 0) is 4.79 Å². The number of thiocarbonyl (C=S) groups is 1. The van der Waals surface area contributed by atoms with Crippen LogP contribution in [0.2, 0.25) is 0 Å². The van der Waals surface area contributed by atoms with Crippen LogP contribution in [-0.4, -0.2) is 11.0 Å². The zero-order valence-electron chi connectivity index (χ0n) is 13.3. The molecule has 0 bridgehead atoms. The van der Waals surface area contributed by atoms with E-state index in [0.29, 0.717) is 22.1 Å². The maximum Gasteiger partial charge on any atom is 0.255 e. The van der Waals surface area contributed by atoms with Gasteiger partial charge in [-0.25, -0.2) is 4.39 Å². The fourth-order valence-electron chi connectivity index (χ4n) is 2.63. The van der Waals surface area contributed by atoms with Crippen LogP contribution in [0.1, 0.15) is 18.5 Å². The van der Waals surface area contributed by atoms with Gasteiger partial charge in [-0.2, -0.15) is 0 Å². The quantitative estimate of drug-likeness (QED) is 0.657. The molecule has 1 aliphatic rings. The van der Waals surface area contributed by atoms with Crippen molar-refractivity contribution in [3.05, 3.63) is 75.7 Å². The summed E-state index contributed by atoms with van der Waals surface area (Å²) in [4.78, 5) is 12.8. The van der Waals surface area contributed by atoms with Crippen molar-refractivity contribution in [2.24, 2.45) is 0 Å². The number of allylic oxidation sites excluding steroid dienone is 1. The number of anilines is 1. The number of hydrogen-bond donors (Lipinski definition) is 3. The van der Waals surface area contributed by atoms with Crippen molar-refractivity contribution in [1.82, 2.24) is 10.6 Å². The van der Waals surface area contributed by atoms with Gasteiger partial charge in [0.05, 0.1) is 11.6 Å². The Bertz CT molecular complexity index is 850. The van der Waals surface area contributed by atoms with Crippen molar-refractivity contribution in [1.29, 1.82) is 0 Å². The van der Waals surface area contributed by atoms with Crippen LogP contribution in [0.3, 0.4) is 0 Å². The lowest BCUT2D eigenvalue weighted by Gasteiger charge is -2.30. The third-order valence-corrected chi connectivity index (χ3v) is 4.57. The van der Waals surface area contributed by atoms with Crippen LogP contribution in [0.4, 0.5) is 10.1 Å². The van der Waals surface area contributed by atoms with Gasteiger partial charge in [-0.1, -0.05) is 28.1 Å². The molecule has 0 radical (unpaired) electrons. The molecule has 0 unspecified atom stereocenters. The normalized spacial score (nSPS) is 16.9. The zero-order chi connectivity index (χ0) is 18.0. The van der Waals surface area contributed by atoms with Gasteiger partial charge in [0, 0.05) is 15.9 Å². The Morgan fingerprint density at radius 3 is 2.44 bits per heavy atom. The molecular formula is C18H15BrFN3OS. The first kappa shape index (κ1) is 17.6. The molecule has 3 N–H and O–H groups in total. The summed E-state index contributed by atoms with van der Waals surface area (Å²) in [6.07, 6.45) is 0. The Balaban J connectivity index is 1.92. The second-order valence-corrected chi connectivity index (χ2v) is 6.91. The van der Waals surface area contributed by atoms with E-state index in [0.717, 1.165) is 10.0 Å². The standard InChI is InChI=1S/C18H15BrFN3OS/c1-10-15(17(24)22-14-8-6-13(20)7-9-14)16(23-18(25)21-10)11-2-4-12(19)5-3-11/h2-9,16H,1H3,(H,22,24)(H2,21,23,25)/t16-/m0/s1. The molecule has 1 heterocycles. The number of amides is 1. The summed E-state index contributed by atoms with van der Waals surface area (Å²) in [6.45, 7) is 1.80.